The van der Waals surface area contributed by atoms with E-state index < -0.39 is 0 Å². The van der Waals surface area contributed by atoms with Gasteiger partial charge in [-0.05, 0) is 46.3 Å². The van der Waals surface area contributed by atoms with Gasteiger partial charge in [0.05, 0.1) is 5.70 Å². The molecule has 2 rings (SSSR count). The summed E-state index contributed by atoms with van der Waals surface area (Å²) in [5.74, 6) is 0. The summed E-state index contributed by atoms with van der Waals surface area (Å²) in [6, 6.07) is 10.5. The summed E-state index contributed by atoms with van der Waals surface area (Å²) in [5.41, 5.74) is 1.96. The van der Waals surface area contributed by atoms with Crippen molar-refractivity contribution in [2.75, 3.05) is 0 Å². The predicted octanol–water partition coefficient (Wildman–Crippen LogP) is 4.37. The highest BCUT2D eigenvalue weighted by atomic mass is 15.4. The number of nitrogens with zero attached hydrogens (tertiary/aromatic N) is 3. The molecular formula is C16H23N3. The van der Waals surface area contributed by atoms with Crippen molar-refractivity contribution in [2.45, 2.75) is 52.4 Å². The average molecular weight is 257 g/mol. The van der Waals surface area contributed by atoms with Crippen LogP contribution in [0.2, 0.25) is 0 Å². The van der Waals surface area contributed by atoms with Crippen molar-refractivity contribution < 1.29 is 0 Å². The molecule has 3 nitrogen and oxygen atoms in total. The Bertz CT molecular complexity index is 496. The molecular weight excluding hydrogens is 234 g/mol. The highest BCUT2D eigenvalue weighted by molar-refractivity contribution is 5.19. The maximum absolute atomic E-state index is 4.47. The number of hydrogen-bond donors (Lipinski definition) is 0. The summed E-state index contributed by atoms with van der Waals surface area (Å²) < 4.78 is 0. The third-order valence-electron chi connectivity index (χ3n) is 3.43. The molecule has 1 heterocycles. The lowest BCUT2D eigenvalue weighted by Crippen LogP contribution is -2.52. The van der Waals surface area contributed by atoms with Crippen molar-refractivity contribution in [3.63, 3.8) is 0 Å². The molecule has 0 spiro atoms. The van der Waals surface area contributed by atoms with E-state index in [-0.39, 0.29) is 11.2 Å². The maximum Gasteiger partial charge on any atom is 0.153 e. The van der Waals surface area contributed by atoms with Gasteiger partial charge in [0.25, 0.3) is 0 Å². The molecule has 1 aromatic rings. The Morgan fingerprint density at radius 2 is 1.79 bits per heavy atom. The Morgan fingerprint density at radius 1 is 1.16 bits per heavy atom. The van der Waals surface area contributed by atoms with Crippen LogP contribution in [0.3, 0.4) is 0 Å². The summed E-state index contributed by atoms with van der Waals surface area (Å²) in [6.07, 6.45) is 2.14. The topological polar surface area (TPSA) is 28.0 Å². The zero-order chi connectivity index (χ0) is 14.1. The Balaban J connectivity index is 2.31. The van der Waals surface area contributed by atoms with Crippen LogP contribution in [0.25, 0.3) is 0 Å². The van der Waals surface area contributed by atoms with Gasteiger partial charge in [0.15, 0.2) is 5.66 Å². The molecule has 0 saturated carbocycles. The quantitative estimate of drug-likeness (QED) is 0.790. The van der Waals surface area contributed by atoms with E-state index in [9.17, 15) is 0 Å². The second kappa shape index (κ2) is 4.89. The van der Waals surface area contributed by atoms with Crippen LogP contribution in [0.5, 0.6) is 0 Å². The molecule has 0 radical (unpaired) electrons. The summed E-state index contributed by atoms with van der Waals surface area (Å²) in [4.78, 5) is 2.38. The number of rotatable bonds is 3. The van der Waals surface area contributed by atoms with Crippen molar-refractivity contribution in [1.29, 1.82) is 0 Å². The maximum atomic E-state index is 4.47. The zero-order valence-corrected chi connectivity index (χ0v) is 12.5. The standard InChI is InChI=1S/C16H23N3/c1-13-11-16(5,18-17-13)19(15(2,3)4)12-14-9-7-6-8-10-14/h6-11H,12H2,1-5H3. The van der Waals surface area contributed by atoms with Gasteiger partial charge in [-0.25, -0.2) is 0 Å². The van der Waals surface area contributed by atoms with Crippen LogP contribution in [-0.4, -0.2) is 16.1 Å². The van der Waals surface area contributed by atoms with Crippen LogP contribution in [-0.2, 0) is 6.54 Å². The van der Waals surface area contributed by atoms with Crippen LogP contribution in [0.15, 0.2) is 52.3 Å². The first-order valence-electron chi connectivity index (χ1n) is 6.75. The van der Waals surface area contributed by atoms with E-state index in [1.807, 2.05) is 13.0 Å². The first-order valence-corrected chi connectivity index (χ1v) is 6.75. The van der Waals surface area contributed by atoms with E-state index >= 15 is 0 Å². The monoisotopic (exact) mass is 257 g/mol. The third-order valence-corrected chi connectivity index (χ3v) is 3.43. The second-order valence-electron chi connectivity index (χ2n) is 6.32. The van der Waals surface area contributed by atoms with Gasteiger partial charge >= 0.3 is 0 Å². The minimum atomic E-state index is -0.349. The molecule has 0 saturated heterocycles. The molecule has 1 unspecified atom stereocenters. The van der Waals surface area contributed by atoms with E-state index in [0.717, 1.165) is 12.2 Å². The normalized spacial score (nSPS) is 22.9. The van der Waals surface area contributed by atoms with Gasteiger partial charge in [0, 0.05) is 12.1 Å². The lowest BCUT2D eigenvalue weighted by molar-refractivity contribution is 0.0404. The minimum Gasteiger partial charge on any atom is -0.266 e. The predicted molar refractivity (Wildman–Crippen MR) is 78.8 cm³/mol. The number of benzene rings is 1. The number of hydrogen-bond acceptors (Lipinski definition) is 3. The van der Waals surface area contributed by atoms with Crippen LogP contribution in [0.4, 0.5) is 0 Å². The van der Waals surface area contributed by atoms with Crippen molar-refractivity contribution in [3.05, 3.63) is 47.7 Å². The van der Waals surface area contributed by atoms with E-state index in [1.54, 1.807) is 0 Å². The third kappa shape index (κ3) is 3.10. The Kier molecular flexibility index (Phi) is 3.59. The van der Waals surface area contributed by atoms with Crippen molar-refractivity contribution in [2.24, 2.45) is 10.2 Å². The lowest BCUT2D eigenvalue weighted by Gasteiger charge is -2.43. The smallest absolute Gasteiger partial charge is 0.153 e. The summed E-state index contributed by atoms with van der Waals surface area (Å²) >= 11 is 0. The molecule has 0 N–H and O–H groups in total. The van der Waals surface area contributed by atoms with Crippen molar-refractivity contribution >= 4 is 0 Å². The second-order valence-corrected chi connectivity index (χ2v) is 6.32. The number of azo groups is 1. The van der Waals surface area contributed by atoms with E-state index in [1.165, 1.54) is 5.56 Å². The fraction of sp³-hybridized carbons (Fsp3) is 0.500. The first kappa shape index (κ1) is 13.9. The highest BCUT2D eigenvalue weighted by Crippen LogP contribution is 2.34. The Morgan fingerprint density at radius 3 is 2.26 bits per heavy atom. The Hall–Kier alpha value is -1.48. The van der Waals surface area contributed by atoms with Gasteiger partial charge in [0.2, 0.25) is 0 Å². The highest BCUT2D eigenvalue weighted by Gasteiger charge is 2.39. The van der Waals surface area contributed by atoms with Gasteiger partial charge in [-0.3, -0.25) is 4.90 Å². The van der Waals surface area contributed by atoms with Crippen LogP contribution in [0, 0.1) is 0 Å². The van der Waals surface area contributed by atoms with Crippen LogP contribution in [0.1, 0.15) is 40.2 Å². The zero-order valence-electron chi connectivity index (χ0n) is 12.5. The lowest BCUT2D eigenvalue weighted by atomic mass is 9.98. The summed E-state index contributed by atoms with van der Waals surface area (Å²) in [5, 5.41) is 8.68. The van der Waals surface area contributed by atoms with Gasteiger partial charge in [-0.2, -0.15) is 10.2 Å². The van der Waals surface area contributed by atoms with E-state index in [4.69, 9.17) is 0 Å². The molecule has 0 bridgehead atoms. The molecule has 1 atom stereocenters. The van der Waals surface area contributed by atoms with Crippen molar-refractivity contribution in [1.82, 2.24) is 4.90 Å². The largest absolute Gasteiger partial charge is 0.266 e. The minimum absolute atomic E-state index is 0.0186. The van der Waals surface area contributed by atoms with Gasteiger partial charge in [0.1, 0.15) is 0 Å². The molecule has 0 fully saturated rings. The average Bonchev–Trinajstić information content (AvgIpc) is 2.67. The fourth-order valence-electron chi connectivity index (χ4n) is 2.61. The molecule has 0 aliphatic carbocycles. The first-order chi connectivity index (χ1) is 8.81. The molecule has 0 aromatic heterocycles. The molecule has 1 aromatic carbocycles. The molecule has 19 heavy (non-hydrogen) atoms. The van der Waals surface area contributed by atoms with E-state index in [2.05, 4.69) is 73.2 Å². The fourth-order valence-corrected chi connectivity index (χ4v) is 2.61. The van der Waals surface area contributed by atoms with E-state index in [0.29, 0.717) is 0 Å². The SMILES string of the molecule is CC1=CC(C)(N(Cc2ccccc2)C(C)(C)C)N=N1. The van der Waals surface area contributed by atoms with Crippen LogP contribution < -0.4 is 0 Å². The molecule has 3 heteroatoms. The summed E-state index contributed by atoms with van der Waals surface area (Å²) in [6.45, 7) is 11.7. The summed E-state index contributed by atoms with van der Waals surface area (Å²) in [7, 11) is 0. The Labute approximate surface area is 116 Å². The van der Waals surface area contributed by atoms with Gasteiger partial charge in [-0.1, -0.05) is 30.3 Å². The van der Waals surface area contributed by atoms with Crippen molar-refractivity contribution in [3.8, 4) is 0 Å². The number of allylic oxidation sites excluding steroid dienone is 1. The molecule has 1 aliphatic rings. The van der Waals surface area contributed by atoms with Gasteiger partial charge < -0.3 is 0 Å². The van der Waals surface area contributed by atoms with Crippen LogP contribution >= 0.6 is 0 Å². The van der Waals surface area contributed by atoms with Gasteiger partial charge in [-0.15, -0.1) is 0 Å². The molecule has 0 amide bonds. The molecule has 1 aliphatic heterocycles. The molecule has 102 valence electrons.